The summed E-state index contributed by atoms with van der Waals surface area (Å²) in [6, 6.07) is 0. The molecule has 2 heterocycles. The highest BCUT2D eigenvalue weighted by molar-refractivity contribution is 7.92. The summed E-state index contributed by atoms with van der Waals surface area (Å²) in [5.41, 5.74) is 1.69. The van der Waals surface area contributed by atoms with E-state index in [4.69, 9.17) is 5.11 Å². The molecule has 1 unspecified atom stereocenters. The molecular weight excluding hydrogens is 226 g/mol. The Morgan fingerprint density at radius 3 is 3.00 bits per heavy atom. The number of carboxylic acids is 1. The van der Waals surface area contributed by atoms with E-state index >= 15 is 0 Å². The number of aromatic nitrogens is 1. The van der Waals surface area contributed by atoms with Crippen LogP contribution in [-0.2, 0) is 21.1 Å². The van der Waals surface area contributed by atoms with Crippen LogP contribution in [0.25, 0.3) is 0 Å². The minimum Gasteiger partial charge on any atom is -0.480 e. The zero-order valence-electron chi connectivity index (χ0n) is 7.00. The van der Waals surface area contributed by atoms with Crippen LogP contribution in [0.15, 0.2) is 5.51 Å². The van der Waals surface area contributed by atoms with Crippen LogP contribution >= 0.6 is 11.3 Å². The summed E-state index contributed by atoms with van der Waals surface area (Å²) in [5.74, 6) is -1.43. The Morgan fingerprint density at radius 2 is 2.36 bits per heavy atom. The van der Waals surface area contributed by atoms with Crippen LogP contribution in [-0.4, -0.2) is 30.2 Å². The van der Waals surface area contributed by atoms with E-state index in [9.17, 15) is 13.2 Å². The Morgan fingerprint density at radius 1 is 1.64 bits per heavy atom. The van der Waals surface area contributed by atoms with Gasteiger partial charge < -0.3 is 5.11 Å². The lowest BCUT2D eigenvalue weighted by Gasteiger charge is -2.17. The SMILES string of the molecule is O=C(O)C1c2ncsc2CCS1(=O)=O. The van der Waals surface area contributed by atoms with Crippen LogP contribution in [0.3, 0.4) is 0 Å². The molecule has 0 amide bonds. The van der Waals surface area contributed by atoms with Crippen LogP contribution in [0.1, 0.15) is 15.8 Å². The van der Waals surface area contributed by atoms with Crippen molar-refractivity contribution >= 4 is 27.1 Å². The molecule has 0 fully saturated rings. The second-order valence-electron chi connectivity index (χ2n) is 3.00. The maximum Gasteiger partial charge on any atom is 0.328 e. The molecule has 0 bridgehead atoms. The average Bonchev–Trinajstić information content (AvgIpc) is 2.48. The number of thiazole rings is 1. The summed E-state index contributed by atoms with van der Waals surface area (Å²) in [7, 11) is -3.56. The average molecular weight is 233 g/mol. The number of aryl methyl sites for hydroxylation is 1. The van der Waals surface area contributed by atoms with E-state index in [0.29, 0.717) is 6.42 Å². The Bertz CT molecular complexity index is 476. The van der Waals surface area contributed by atoms with E-state index in [-0.39, 0.29) is 11.4 Å². The van der Waals surface area contributed by atoms with Gasteiger partial charge in [-0.1, -0.05) is 0 Å². The van der Waals surface area contributed by atoms with Crippen molar-refractivity contribution in [2.24, 2.45) is 0 Å². The molecule has 76 valence electrons. The largest absolute Gasteiger partial charge is 0.480 e. The lowest BCUT2D eigenvalue weighted by Crippen LogP contribution is -2.29. The van der Waals surface area contributed by atoms with Gasteiger partial charge in [0.05, 0.1) is 17.0 Å². The van der Waals surface area contributed by atoms with E-state index < -0.39 is 21.1 Å². The second kappa shape index (κ2) is 3.03. The number of hydrogen-bond donors (Lipinski definition) is 1. The van der Waals surface area contributed by atoms with Gasteiger partial charge in [0.2, 0.25) is 5.25 Å². The van der Waals surface area contributed by atoms with Gasteiger partial charge in [-0.3, -0.25) is 4.79 Å². The first kappa shape index (κ1) is 9.60. The number of aliphatic carboxylic acids is 1. The molecule has 0 aliphatic carbocycles. The minimum atomic E-state index is -3.56. The quantitative estimate of drug-likeness (QED) is 0.751. The molecular formula is C7H7NO4S2. The van der Waals surface area contributed by atoms with Gasteiger partial charge in [-0.25, -0.2) is 13.4 Å². The van der Waals surface area contributed by atoms with Crippen molar-refractivity contribution in [1.82, 2.24) is 4.98 Å². The summed E-state index contributed by atoms with van der Waals surface area (Å²) < 4.78 is 22.9. The summed E-state index contributed by atoms with van der Waals surface area (Å²) in [6.07, 6.45) is 0.381. The predicted octanol–water partition coefficient (Wildman–Crippen LogP) is 0.240. The van der Waals surface area contributed by atoms with Gasteiger partial charge >= 0.3 is 5.97 Å². The van der Waals surface area contributed by atoms with Gasteiger partial charge in [0.15, 0.2) is 9.84 Å². The molecule has 1 aromatic heterocycles. The molecule has 1 aliphatic heterocycles. The Kier molecular flexibility index (Phi) is 2.07. The molecule has 1 aromatic rings. The molecule has 0 radical (unpaired) electrons. The third-order valence-corrected chi connectivity index (χ3v) is 4.94. The molecule has 1 aliphatic rings. The number of carboxylic acid groups (broad SMARTS) is 1. The molecule has 1 atom stereocenters. The van der Waals surface area contributed by atoms with E-state index in [0.717, 1.165) is 4.88 Å². The summed E-state index contributed by atoms with van der Waals surface area (Å²) in [6.45, 7) is 0. The zero-order chi connectivity index (χ0) is 10.3. The number of fused-ring (bicyclic) bond motifs is 1. The second-order valence-corrected chi connectivity index (χ2v) is 6.14. The highest BCUT2D eigenvalue weighted by Gasteiger charge is 2.40. The maximum absolute atomic E-state index is 11.5. The Hall–Kier alpha value is -0.950. The zero-order valence-corrected chi connectivity index (χ0v) is 8.64. The van der Waals surface area contributed by atoms with Crippen LogP contribution in [0.2, 0.25) is 0 Å². The fourth-order valence-corrected chi connectivity index (χ4v) is 4.06. The van der Waals surface area contributed by atoms with Crippen molar-refractivity contribution in [3.8, 4) is 0 Å². The van der Waals surface area contributed by atoms with Gasteiger partial charge in [-0.15, -0.1) is 11.3 Å². The molecule has 2 rings (SSSR count). The van der Waals surface area contributed by atoms with Crippen molar-refractivity contribution in [3.63, 3.8) is 0 Å². The van der Waals surface area contributed by atoms with Gasteiger partial charge in [0.25, 0.3) is 0 Å². The molecule has 5 nitrogen and oxygen atoms in total. The van der Waals surface area contributed by atoms with Crippen molar-refractivity contribution < 1.29 is 18.3 Å². The number of nitrogens with zero attached hydrogens (tertiary/aromatic N) is 1. The van der Waals surface area contributed by atoms with E-state index in [1.54, 1.807) is 0 Å². The molecule has 14 heavy (non-hydrogen) atoms. The number of carbonyl (C=O) groups is 1. The number of sulfone groups is 1. The topological polar surface area (TPSA) is 84.3 Å². The van der Waals surface area contributed by atoms with Crippen molar-refractivity contribution in [1.29, 1.82) is 0 Å². The summed E-state index contributed by atoms with van der Waals surface area (Å²) in [4.78, 5) is 15.4. The van der Waals surface area contributed by atoms with Crippen LogP contribution in [0.4, 0.5) is 0 Å². The first-order valence-corrected chi connectivity index (χ1v) is 6.48. The number of hydrogen-bond acceptors (Lipinski definition) is 5. The van der Waals surface area contributed by atoms with Crippen LogP contribution in [0.5, 0.6) is 0 Å². The Balaban J connectivity index is 2.60. The number of rotatable bonds is 1. The molecule has 0 spiro atoms. The fraction of sp³-hybridized carbons (Fsp3) is 0.429. The smallest absolute Gasteiger partial charge is 0.328 e. The molecule has 1 N–H and O–H groups in total. The monoisotopic (exact) mass is 233 g/mol. The lowest BCUT2D eigenvalue weighted by molar-refractivity contribution is -0.136. The molecule has 7 heteroatoms. The highest BCUT2D eigenvalue weighted by Crippen LogP contribution is 2.33. The van der Waals surface area contributed by atoms with E-state index in [2.05, 4.69) is 4.98 Å². The van der Waals surface area contributed by atoms with Gasteiger partial charge in [0.1, 0.15) is 0 Å². The first-order valence-electron chi connectivity index (χ1n) is 3.89. The van der Waals surface area contributed by atoms with Crippen LogP contribution in [0, 0.1) is 0 Å². The molecule has 0 aromatic carbocycles. The molecule has 0 saturated heterocycles. The van der Waals surface area contributed by atoms with Gasteiger partial charge in [-0.05, 0) is 6.42 Å². The van der Waals surface area contributed by atoms with E-state index in [1.165, 1.54) is 16.8 Å². The summed E-state index contributed by atoms with van der Waals surface area (Å²) >= 11 is 1.31. The van der Waals surface area contributed by atoms with Crippen molar-refractivity contribution in [2.45, 2.75) is 11.7 Å². The maximum atomic E-state index is 11.5. The highest BCUT2D eigenvalue weighted by atomic mass is 32.2. The van der Waals surface area contributed by atoms with Crippen molar-refractivity contribution in [3.05, 3.63) is 16.1 Å². The van der Waals surface area contributed by atoms with Gasteiger partial charge in [0, 0.05) is 4.88 Å². The van der Waals surface area contributed by atoms with Crippen molar-refractivity contribution in [2.75, 3.05) is 5.75 Å². The minimum absolute atomic E-state index is 0.0981. The fourth-order valence-electron chi connectivity index (χ4n) is 1.47. The predicted molar refractivity (Wildman–Crippen MR) is 50.0 cm³/mol. The van der Waals surface area contributed by atoms with Gasteiger partial charge in [-0.2, -0.15) is 0 Å². The lowest BCUT2D eigenvalue weighted by atomic mass is 10.2. The third-order valence-electron chi connectivity index (χ3n) is 2.12. The third kappa shape index (κ3) is 1.32. The summed E-state index contributed by atoms with van der Waals surface area (Å²) in [5, 5.41) is 7.36. The normalized spacial score (nSPS) is 24.1. The Labute approximate surface area is 84.3 Å². The van der Waals surface area contributed by atoms with Crippen LogP contribution < -0.4 is 0 Å². The van der Waals surface area contributed by atoms with E-state index in [1.807, 2.05) is 0 Å². The standard InChI is InChI=1S/C7H7NO4S2/c9-7(10)6-5-4(13-3-8-5)1-2-14(6,11)12/h3,6H,1-2H2,(H,9,10). The first-order chi connectivity index (χ1) is 6.52. The molecule has 0 saturated carbocycles.